The van der Waals surface area contributed by atoms with Gasteiger partial charge in [0.15, 0.2) is 0 Å². The predicted molar refractivity (Wildman–Crippen MR) is 92.5 cm³/mol. The van der Waals surface area contributed by atoms with Crippen LogP contribution >= 0.6 is 11.6 Å². The van der Waals surface area contributed by atoms with E-state index in [4.69, 9.17) is 11.6 Å². The number of hydrogen-bond donors (Lipinski definition) is 1. The van der Waals surface area contributed by atoms with Crippen molar-refractivity contribution in [2.75, 3.05) is 6.54 Å². The lowest BCUT2D eigenvalue weighted by molar-refractivity contribution is -0.121. The molecular weight excluding hydrogens is 329 g/mol. The Hall–Kier alpha value is -2.40. The minimum atomic E-state index is -0.244. The van der Waals surface area contributed by atoms with Crippen LogP contribution in [0, 0.1) is 5.82 Å². The highest BCUT2D eigenvalue weighted by Crippen LogP contribution is 2.22. The first-order chi connectivity index (χ1) is 11.6. The van der Waals surface area contributed by atoms with E-state index in [1.807, 2.05) is 18.2 Å². The van der Waals surface area contributed by atoms with Crippen molar-refractivity contribution in [3.8, 4) is 0 Å². The lowest BCUT2D eigenvalue weighted by Gasteiger charge is -2.07. The molecule has 3 aromatic rings. The third-order valence-electron chi connectivity index (χ3n) is 3.86. The molecule has 0 bridgehead atoms. The molecule has 0 aliphatic heterocycles. The van der Waals surface area contributed by atoms with Gasteiger partial charge in [0.25, 0.3) is 0 Å². The average molecular weight is 346 g/mol. The number of rotatable bonds is 6. The number of fused-ring (bicyclic) bond motifs is 1. The molecule has 3 rings (SSSR count). The van der Waals surface area contributed by atoms with E-state index >= 15 is 0 Å². The first-order valence-electron chi connectivity index (χ1n) is 7.75. The Morgan fingerprint density at radius 1 is 1.21 bits per heavy atom. The molecule has 0 atom stereocenters. The summed E-state index contributed by atoms with van der Waals surface area (Å²) < 4.78 is 15.3. The number of carbonyl (C=O) groups excluding carboxylic acids is 1. The molecule has 6 heteroatoms. The Morgan fingerprint density at radius 3 is 2.88 bits per heavy atom. The van der Waals surface area contributed by atoms with Crippen molar-refractivity contribution in [3.05, 3.63) is 65.1 Å². The van der Waals surface area contributed by atoms with Gasteiger partial charge in [-0.2, -0.15) is 5.10 Å². The summed E-state index contributed by atoms with van der Waals surface area (Å²) in [5, 5.41) is 8.60. The van der Waals surface area contributed by atoms with Gasteiger partial charge in [-0.25, -0.2) is 4.39 Å². The topological polar surface area (TPSA) is 46.9 Å². The zero-order valence-electron chi connectivity index (χ0n) is 13.0. The molecule has 0 saturated carbocycles. The monoisotopic (exact) mass is 345 g/mol. The number of hydrogen-bond acceptors (Lipinski definition) is 2. The minimum Gasteiger partial charge on any atom is -0.356 e. The normalized spacial score (nSPS) is 10.9. The number of halogens is 2. The molecule has 0 aliphatic carbocycles. The second-order valence-electron chi connectivity index (χ2n) is 5.48. The Bertz CT molecular complexity index is 862. The zero-order chi connectivity index (χ0) is 16.9. The summed E-state index contributed by atoms with van der Waals surface area (Å²) in [6, 6.07) is 12.2. The summed E-state index contributed by atoms with van der Waals surface area (Å²) in [7, 11) is 0. The maximum Gasteiger partial charge on any atom is 0.221 e. The highest BCUT2D eigenvalue weighted by Gasteiger charge is 2.08. The lowest BCUT2D eigenvalue weighted by Crippen LogP contribution is -2.26. The highest BCUT2D eigenvalue weighted by molar-refractivity contribution is 6.35. The number of nitrogens with one attached hydrogen (secondary N) is 1. The molecule has 0 fully saturated rings. The van der Waals surface area contributed by atoms with Crippen LogP contribution in [0.5, 0.6) is 0 Å². The van der Waals surface area contributed by atoms with Gasteiger partial charge in [-0.15, -0.1) is 0 Å². The third-order valence-corrected chi connectivity index (χ3v) is 4.19. The smallest absolute Gasteiger partial charge is 0.221 e. The van der Waals surface area contributed by atoms with Gasteiger partial charge in [-0.05, 0) is 30.2 Å². The molecule has 0 saturated heterocycles. The van der Waals surface area contributed by atoms with Crippen molar-refractivity contribution in [2.24, 2.45) is 0 Å². The second-order valence-corrected chi connectivity index (χ2v) is 5.89. The van der Waals surface area contributed by atoms with Crippen LogP contribution in [-0.2, 0) is 17.8 Å². The van der Waals surface area contributed by atoms with Gasteiger partial charge < -0.3 is 5.32 Å². The van der Waals surface area contributed by atoms with Crippen molar-refractivity contribution in [1.29, 1.82) is 0 Å². The highest BCUT2D eigenvalue weighted by atomic mass is 35.5. The Morgan fingerprint density at radius 2 is 2.04 bits per heavy atom. The molecular formula is C18H17ClFN3O. The maximum absolute atomic E-state index is 13.5. The Labute approximate surface area is 144 Å². The lowest BCUT2D eigenvalue weighted by atomic mass is 10.1. The summed E-state index contributed by atoms with van der Waals surface area (Å²) in [4.78, 5) is 11.9. The molecule has 0 unspecified atom stereocenters. The number of benzene rings is 2. The first-order valence-corrected chi connectivity index (χ1v) is 8.13. The van der Waals surface area contributed by atoms with E-state index in [9.17, 15) is 9.18 Å². The van der Waals surface area contributed by atoms with Crippen LogP contribution in [0.15, 0.2) is 48.7 Å². The standard InChI is InChI=1S/C18H17ClFN3O/c19-15-5-3-7-17-14(15)12-22-23(17)11-9-18(24)21-10-8-13-4-1-2-6-16(13)20/h1-7,12H,8-11H2,(H,21,24). The molecule has 2 aromatic carbocycles. The summed E-state index contributed by atoms with van der Waals surface area (Å²) in [6.45, 7) is 0.876. The quantitative estimate of drug-likeness (QED) is 0.742. The maximum atomic E-state index is 13.5. The van der Waals surface area contributed by atoms with Crippen LogP contribution in [0.3, 0.4) is 0 Å². The molecule has 1 amide bonds. The Balaban J connectivity index is 1.50. The first kappa shape index (κ1) is 16.5. The van der Waals surface area contributed by atoms with Crippen molar-refractivity contribution < 1.29 is 9.18 Å². The van der Waals surface area contributed by atoms with E-state index < -0.39 is 0 Å². The van der Waals surface area contributed by atoms with E-state index in [1.54, 1.807) is 29.1 Å². The average Bonchev–Trinajstić information content (AvgIpc) is 2.99. The number of nitrogens with zero attached hydrogens (tertiary/aromatic N) is 2. The number of aryl methyl sites for hydroxylation is 1. The van der Waals surface area contributed by atoms with Crippen LogP contribution in [0.4, 0.5) is 4.39 Å². The zero-order valence-corrected chi connectivity index (χ0v) is 13.8. The molecule has 124 valence electrons. The molecule has 0 spiro atoms. The van der Waals surface area contributed by atoms with E-state index in [-0.39, 0.29) is 11.7 Å². The van der Waals surface area contributed by atoms with Crippen LogP contribution in [0.2, 0.25) is 5.02 Å². The SMILES string of the molecule is O=C(CCn1ncc2c(Cl)cccc21)NCCc1ccccc1F. The number of carbonyl (C=O) groups is 1. The fourth-order valence-electron chi connectivity index (χ4n) is 2.58. The van der Waals surface area contributed by atoms with E-state index in [1.165, 1.54) is 6.07 Å². The van der Waals surface area contributed by atoms with Gasteiger partial charge in [-0.1, -0.05) is 35.9 Å². The van der Waals surface area contributed by atoms with Gasteiger partial charge in [-0.3, -0.25) is 9.48 Å². The summed E-state index contributed by atoms with van der Waals surface area (Å²) in [6.07, 6.45) is 2.48. The van der Waals surface area contributed by atoms with Crippen LogP contribution in [0.25, 0.3) is 10.9 Å². The molecule has 0 aliphatic rings. The fraction of sp³-hybridized carbons (Fsp3) is 0.222. The van der Waals surface area contributed by atoms with Gasteiger partial charge in [0.2, 0.25) is 5.91 Å². The number of aromatic nitrogens is 2. The minimum absolute atomic E-state index is 0.0861. The number of amides is 1. The molecule has 1 heterocycles. The van der Waals surface area contributed by atoms with Gasteiger partial charge >= 0.3 is 0 Å². The van der Waals surface area contributed by atoms with E-state index in [0.717, 1.165) is 10.9 Å². The molecule has 1 aromatic heterocycles. The van der Waals surface area contributed by atoms with Gasteiger partial charge in [0.05, 0.1) is 23.3 Å². The summed E-state index contributed by atoms with van der Waals surface area (Å²) >= 11 is 6.11. The van der Waals surface area contributed by atoms with Crippen molar-refractivity contribution in [2.45, 2.75) is 19.4 Å². The largest absolute Gasteiger partial charge is 0.356 e. The second kappa shape index (κ2) is 7.45. The molecule has 4 nitrogen and oxygen atoms in total. The molecule has 1 N–H and O–H groups in total. The predicted octanol–water partition coefficient (Wildman–Crippen LogP) is 3.58. The molecule has 24 heavy (non-hydrogen) atoms. The van der Waals surface area contributed by atoms with Crippen molar-refractivity contribution >= 4 is 28.4 Å². The van der Waals surface area contributed by atoms with Gasteiger partial charge in [0, 0.05) is 18.4 Å². The fourth-order valence-corrected chi connectivity index (χ4v) is 2.80. The van der Waals surface area contributed by atoms with Crippen LogP contribution < -0.4 is 5.32 Å². The molecule has 0 radical (unpaired) electrons. The van der Waals surface area contributed by atoms with E-state index in [2.05, 4.69) is 10.4 Å². The van der Waals surface area contributed by atoms with Gasteiger partial charge in [0.1, 0.15) is 5.82 Å². The van der Waals surface area contributed by atoms with Crippen LogP contribution in [-0.4, -0.2) is 22.2 Å². The van der Waals surface area contributed by atoms with Crippen molar-refractivity contribution in [3.63, 3.8) is 0 Å². The van der Waals surface area contributed by atoms with E-state index in [0.29, 0.717) is 36.5 Å². The Kier molecular flexibility index (Phi) is 5.11. The summed E-state index contributed by atoms with van der Waals surface area (Å²) in [5.41, 5.74) is 1.51. The third kappa shape index (κ3) is 3.74. The summed E-state index contributed by atoms with van der Waals surface area (Å²) in [5.74, 6) is -0.330. The van der Waals surface area contributed by atoms with Crippen LogP contribution in [0.1, 0.15) is 12.0 Å². The van der Waals surface area contributed by atoms with Crippen molar-refractivity contribution in [1.82, 2.24) is 15.1 Å².